The van der Waals surface area contributed by atoms with Gasteiger partial charge < -0.3 is 9.30 Å². The summed E-state index contributed by atoms with van der Waals surface area (Å²) >= 11 is 0. The summed E-state index contributed by atoms with van der Waals surface area (Å²) in [4.78, 5) is 12.9. The topological polar surface area (TPSA) is 65.4 Å². The number of ether oxygens (including phenoxy) is 1. The summed E-state index contributed by atoms with van der Waals surface area (Å²) < 4.78 is 32.4. The van der Waals surface area contributed by atoms with Gasteiger partial charge in [0.1, 0.15) is 5.75 Å². The number of rotatable bonds is 9. The largest absolute Gasteiger partial charge is 0.493 e. The predicted octanol–water partition coefficient (Wildman–Crippen LogP) is 5.45. The van der Waals surface area contributed by atoms with Crippen molar-refractivity contribution in [3.63, 3.8) is 0 Å². The van der Waals surface area contributed by atoms with Gasteiger partial charge in [0.15, 0.2) is 9.84 Å². The number of nitrogens with zero attached hydrogens (tertiary/aromatic N) is 1. The third-order valence-electron chi connectivity index (χ3n) is 7.07. The van der Waals surface area contributed by atoms with E-state index in [-0.39, 0.29) is 10.5 Å². The Morgan fingerprint density at radius 1 is 1.03 bits per heavy atom. The van der Waals surface area contributed by atoms with Crippen LogP contribution in [-0.4, -0.2) is 25.8 Å². The van der Waals surface area contributed by atoms with Crippen LogP contribution in [0.2, 0.25) is 0 Å². The molecule has 1 saturated carbocycles. The molecule has 0 radical (unpaired) electrons. The molecule has 0 saturated heterocycles. The Bertz CT molecular complexity index is 1320. The molecule has 3 aromatic rings. The Morgan fingerprint density at radius 2 is 1.73 bits per heavy atom. The summed E-state index contributed by atoms with van der Waals surface area (Å²) in [6, 6.07) is 12.5. The second-order valence-corrected chi connectivity index (χ2v) is 11.4. The van der Waals surface area contributed by atoms with Crippen LogP contribution in [0.5, 0.6) is 5.75 Å². The highest BCUT2D eigenvalue weighted by Gasteiger charge is 2.38. The lowest BCUT2D eigenvalue weighted by atomic mass is 9.96. The lowest BCUT2D eigenvalue weighted by Crippen LogP contribution is -2.16. The first-order chi connectivity index (χ1) is 15.7. The van der Waals surface area contributed by atoms with Crippen molar-refractivity contribution in [1.82, 2.24) is 4.57 Å². The molecule has 0 N–H and O–H groups in total. The number of hydrogen-bond acceptors (Lipinski definition) is 4. The highest BCUT2D eigenvalue weighted by atomic mass is 32.2. The van der Waals surface area contributed by atoms with E-state index >= 15 is 0 Å². The smallest absolute Gasteiger partial charge is 0.258 e. The first kappa shape index (κ1) is 23.6. The predicted molar refractivity (Wildman–Crippen MR) is 134 cm³/mol. The number of pyridine rings is 1. The highest BCUT2D eigenvalue weighted by Crippen LogP contribution is 2.45. The minimum atomic E-state index is -3.39. The molecule has 6 heteroatoms. The van der Waals surface area contributed by atoms with Crippen LogP contribution in [0, 0.1) is 17.8 Å². The van der Waals surface area contributed by atoms with Crippen LogP contribution in [0.15, 0.2) is 58.4 Å². The minimum Gasteiger partial charge on any atom is -0.493 e. The van der Waals surface area contributed by atoms with E-state index in [0.29, 0.717) is 35.1 Å². The number of aryl methyl sites for hydroxylation is 1. The fourth-order valence-electron chi connectivity index (χ4n) is 4.76. The molecule has 0 aliphatic heterocycles. The van der Waals surface area contributed by atoms with Crippen molar-refractivity contribution in [3.8, 4) is 16.9 Å². The van der Waals surface area contributed by atoms with Crippen molar-refractivity contribution < 1.29 is 13.2 Å². The van der Waals surface area contributed by atoms with Gasteiger partial charge in [-0.3, -0.25) is 4.79 Å². The second-order valence-electron chi connectivity index (χ2n) is 9.42. The van der Waals surface area contributed by atoms with Gasteiger partial charge in [-0.05, 0) is 60.2 Å². The summed E-state index contributed by atoms with van der Waals surface area (Å²) in [5, 5.41) is 1.38. The number of benzene rings is 2. The van der Waals surface area contributed by atoms with Crippen LogP contribution in [0.1, 0.15) is 39.5 Å². The Morgan fingerprint density at radius 3 is 2.39 bits per heavy atom. The second kappa shape index (κ2) is 9.34. The maximum absolute atomic E-state index is 12.7. The van der Waals surface area contributed by atoms with E-state index in [1.165, 1.54) is 31.9 Å². The first-order valence-electron chi connectivity index (χ1n) is 11.8. The zero-order valence-corrected chi connectivity index (χ0v) is 20.7. The van der Waals surface area contributed by atoms with Crippen LogP contribution in [0.4, 0.5) is 0 Å². The summed E-state index contributed by atoms with van der Waals surface area (Å²) in [5.41, 5.74) is 1.40. The van der Waals surface area contributed by atoms with Crippen molar-refractivity contribution in [3.05, 3.63) is 59.0 Å². The van der Waals surface area contributed by atoms with Crippen molar-refractivity contribution in [2.24, 2.45) is 24.8 Å². The molecule has 1 aliphatic carbocycles. The van der Waals surface area contributed by atoms with Gasteiger partial charge in [0.25, 0.3) is 5.56 Å². The third-order valence-corrected chi connectivity index (χ3v) is 8.18. The van der Waals surface area contributed by atoms with Crippen molar-refractivity contribution in [2.45, 2.75) is 44.4 Å². The maximum atomic E-state index is 12.7. The van der Waals surface area contributed by atoms with E-state index in [9.17, 15) is 13.2 Å². The summed E-state index contributed by atoms with van der Waals surface area (Å²) in [6.07, 6.45) is 7.86. The van der Waals surface area contributed by atoms with E-state index in [2.05, 4.69) is 13.8 Å². The zero-order chi connectivity index (χ0) is 23.8. The standard InChI is InChI=1S/C27H33NO4S/c1-5-18(6-2)13-19-14-20(19)17-32-26-12-11-21(33(4,30)31)15-24(26)25-16-28(3)27(29)23-10-8-7-9-22(23)25/h7-12,15-16,18-20H,5-6,13-14,17H2,1-4H3. The van der Waals surface area contributed by atoms with E-state index in [0.717, 1.165) is 16.9 Å². The molecule has 1 heterocycles. The van der Waals surface area contributed by atoms with Gasteiger partial charge in [-0.2, -0.15) is 0 Å². The SMILES string of the molecule is CCC(CC)CC1CC1COc1ccc(S(C)(=O)=O)cc1-c1cn(C)c(=O)c2ccccc12. The highest BCUT2D eigenvalue weighted by molar-refractivity contribution is 7.90. The Kier molecular flexibility index (Phi) is 6.66. The quantitative estimate of drug-likeness (QED) is 0.420. The van der Waals surface area contributed by atoms with Crippen LogP contribution in [0.3, 0.4) is 0 Å². The van der Waals surface area contributed by atoms with Crippen molar-refractivity contribution in [1.29, 1.82) is 0 Å². The fraction of sp³-hybridized carbons (Fsp3) is 0.444. The van der Waals surface area contributed by atoms with Gasteiger partial charge in [0.05, 0.1) is 11.5 Å². The molecule has 0 bridgehead atoms. The molecule has 2 unspecified atom stereocenters. The van der Waals surface area contributed by atoms with Gasteiger partial charge in [-0.1, -0.05) is 44.9 Å². The van der Waals surface area contributed by atoms with Crippen molar-refractivity contribution >= 4 is 20.6 Å². The van der Waals surface area contributed by atoms with Crippen molar-refractivity contribution in [2.75, 3.05) is 12.9 Å². The van der Waals surface area contributed by atoms with E-state index in [1.807, 2.05) is 18.2 Å². The molecule has 176 valence electrons. The van der Waals surface area contributed by atoms with E-state index in [4.69, 9.17) is 4.74 Å². The molecule has 1 aromatic heterocycles. The molecule has 1 aliphatic rings. The minimum absolute atomic E-state index is 0.0849. The van der Waals surface area contributed by atoms with Crippen LogP contribution >= 0.6 is 0 Å². The maximum Gasteiger partial charge on any atom is 0.258 e. The summed E-state index contributed by atoms with van der Waals surface area (Å²) in [7, 11) is -1.68. The number of aromatic nitrogens is 1. The molecule has 0 amide bonds. The molecule has 1 fully saturated rings. The lowest BCUT2D eigenvalue weighted by molar-refractivity contribution is 0.285. The molecule has 2 aromatic carbocycles. The van der Waals surface area contributed by atoms with Gasteiger partial charge in [-0.25, -0.2) is 8.42 Å². The molecule has 5 nitrogen and oxygen atoms in total. The van der Waals surface area contributed by atoms with E-state index < -0.39 is 9.84 Å². The molecule has 33 heavy (non-hydrogen) atoms. The van der Waals surface area contributed by atoms with Gasteiger partial charge in [0.2, 0.25) is 0 Å². The molecule has 0 spiro atoms. The Balaban J connectivity index is 1.70. The van der Waals surface area contributed by atoms with Gasteiger partial charge >= 0.3 is 0 Å². The molecular formula is C27H33NO4S. The Hall–Kier alpha value is -2.60. The molecule has 2 atom stereocenters. The Labute approximate surface area is 196 Å². The fourth-order valence-corrected chi connectivity index (χ4v) is 5.40. The number of fused-ring (bicyclic) bond motifs is 1. The zero-order valence-electron chi connectivity index (χ0n) is 19.9. The third kappa shape index (κ3) is 5.01. The monoisotopic (exact) mass is 467 g/mol. The summed E-state index contributed by atoms with van der Waals surface area (Å²) in [5.74, 6) is 2.69. The van der Waals surface area contributed by atoms with Crippen LogP contribution in [0.25, 0.3) is 21.9 Å². The van der Waals surface area contributed by atoms with Crippen LogP contribution < -0.4 is 10.3 Å². The number of sulfone groups is 1. The summed E-state index contributed by atoms with van der Waals surface area (Å²) in [6.45, 7) is 5.14. The van der Waals surface area contributed by atoms with Gasteiger partial charge in [-0.15, -0.1) is 0 Å². The van der Waals surface area contributed by atoms with Gasteiger partial charge in [0, 0.05) is 36.0 Å². The average Bonchev–Trinajstić information content (AvgIpc) is 3.55. The lowest BCUT2D eigenvalue weighted by Gasteiger charge is -2.16. The van der Waals surface area contributed by atoms with Crippen LogP contribution in [-0.2, 0) is 16.9 Å². The van der Waals surface area contributed by atoms with E-state index in [1.54, 1.807) is 42.1 Å². The normalized spacial score (nSPS) is 18.1. The molecular weight excluding hydrogens is 434 g/mol. The molecule has 4 rings (SSSR count). The number of hydrogen-bond donors (Lipinski definition) is 0. The average molecular weight is 468 g/mol. The first-order valence-corrected chi connectivity index (χ1v) is 13.7.